The smallest absolute Gasteiger partial charge is 0.303 e. The van der Waals surface area contributed by atoms with Crippen molar-refractivity contribution in [2.24, 2.45) is 5.73 Å². The summed E-state index contributed by atoms with van der Waals surface area (Å²) in [6.07, 6.45) is 3.74. The highest BCUT2D eigenvalue weighted by Crippen LogP contribution is 2.18. The van der Waals surface area contributed by atoms with Gasteiger partial charge in [0.2, 0.25) is 0 Å². The first-order valence-electron chi connectivity index (χ1n) is 7.56. The Kier molecular flexibility index (Phi) is 4.51. The molecule has 0 fully saturated rings. The number of amidine groups is 1. The fourth-order valence-electron chi connectivity index (χ4n) is 2.29. The Bertz CT molecular complexity index is 900. The quantitative estimate of drug-likeness (QED) is 0.463. The molecule has 2 aromatic heterocycles. The zero-order valence-electron chi connectivity index (χ0n) is 13.3. The molecule has 25 heavy (non-hydrogen) atoms. The second-order valence-corrected chi connectivity index (χ2v) is 5.43. The molecule has 4 N–H and O–H groups in total. The monoisotopic (exact) mass is 336 g/mol. The van der Waals surface area contributed by atoms with Crippen LogP contribution in [0.2, 0.25) is 0 Å². The zero-order chi connectivity index (χ0) is 17.8. The number of imidazole rings is 1. The summed E-state index contributed by atoms with van der Waals surface area (Å²) in [5.41, 5.74) is 8.35. The minimum absolute atomic E-state index is 0.0202. The van der Waals surface area contributed by atoms with Crippen LogP contribution in [0.25, 0.3) is 17.1 Å². The van der Waals surface area contributed by atoms with Gasteiger partial charge in [-0.1, -0.05) is 24.3 Å². The minimum Gasteiger partial charge on any atom is -0.481 e. The number of carbonyl (C=O) groups is 1. The number of aromatic nitrogens is 4. The van der Waals surface area contributed by atoms with Crippen molar-refractivity contribution in [2.45, 2.75) is 12.8 Å². The fraction of sp³-hybridized carbons (Fsp3) is 0.118. The van der Waals surface area contributed by atoms with Crippen LogP contribution in [0.3, 0.4) is 0 Å². The summed E-state index contributed by atoms with van der Waals surface area (Å²) in [4.78, 5) is 14.8. The van der Waals surface area contributed by atoms with Crippen LogP contribution < -0.4 is 5.73 Å². The van der Waals surface area contributed by atoms with E-state index in [1.54, 1.807) is 29.2 Å². The number of benzene rings is 1. The molecule has 3 rings (SSSR count). The molecule has 0 aliphatic rings. The Morgan fingerprint density at radius 2 is 1.92 bits per heavy atom. The van der Waals surface area contributed by atoms with Crippen molar-refractivity contribution in [3.05, 3.63) is 60.2 Å². The van der Waals surface area contributed by atoms with Crippen molar-refractivity contribution in [1.82, 2.24) is 19.7 Å². The van der Waals surface area contributed by atoms with Gasteiger partial charge in [-0.25, -0.2) is 4.98 Å². The van der Waals surface area contributed by atoms with E-state index in [2.05, 4.69) is 15.2 Å². The van der Waals surface area contributed by atoms with Crippen LogP contribution in [0.1, 0.15) is 17.7 Å². The van der Waals surface area contributed by atoms with Gasteiger partial charge in [-0.3, -0.25) is 14.8 Å². The molecule has 8 nitrogen and oxygen atoms in total. The van der Waals surface area contributed by atoms with Crippen molar-refractivity contribution < 1.29 is 9.90 Å². The maximum atomic E-state index is 10.6. The Labute approximate surface area is 143 Å². The summed E-state index contributed by atoms with van der Waals surface area (Å²) in [6, 6.07) is 10.8. The Morgan fingerprint density at radius 3 is 2.52 bits per heavy atom. The molecule has 0 amide bonds. The molecule has 0 aliphatic carbocycles. The third kappa shape index (κ3) is 3.86. The van der Waals surface area contributed by atoms with E-state index < -0.39 is 5.97 Å². The largest absolute Gasteiger partial charge is 0.481 e. The van der Waals surface area contributed by atoms with E-state index >= 15 is 0 Å². The third-order valence-electron chi connectivity index (χ3n) is 3.64. The van der Waals surface area contributed by atoms with Gasteiger partial charge >= 0.3 is 5.97 Å². The predicted molar refractivity (Wildman–Crippen MR) is 91.6 cm³/mol. The fourth-order valence-corrected chi connectivity index (χ4v) is 2.29. The molecule has 0 bridgehead atoms. The van der Waals surface area contributed by atoms with Crippen LogP contribution >= 0.6 is 0 Å². The average Bonchev–Trinajstić information content (AvgIpc) is 3.09. The molecule has 0 spiro atoms. The third-order valence-corrected chi connectivity index (χ3v) is 3.64. The highest BCUT2D eigenvalue weighted by molar-refractivity contribution is 5.95. The lowest BCUT2D eigenvalue weighted by Gasteiger charge is -2.04. The van der Waals surface area contributed by atoms with E-state index in [1.807, 2.05) is 24.3 Å². The molecular weight excluding hydrogens is 320 g/mol. The molecule has 0 saturated heterocycles. The molecule has 0 radical (unpaired) electrons. The summed E-state index contributed by atoms with van der Waals surface area (Å²) in [6.45, 7) is 0. The number of nitrogens with one attached hydrogen (secondary N) is 1. The van der Waals surface area contributed by atoms with Crippen molar-refractivity contribution in [3.63, 3.8) is 0 Å². The van der Waals surface area contributed by atoms with Gasteiger partial charge in [-0.2, -0.15) is 0 Å². The van der Waals surface area contributed by atoms with Gasteiger partial charge in [0.1, 0.15) is 12.2 Å². The first-order valence-corrected chi connectivity index (χ1v) is 7.56. The average molecular weight is 336 g/mol. The Hall–Kier alpha value is -3.55. The van der Waals surface area contributed by atoms with E-state index in [0.717, 1.165) is 5.56 Å². The highest BCUT2D eigenvalue weighted by Gasteiger charge is 2.07. The van der Waals surface area contributed by atoms with Crippen LogP contribution in [0.5, 0.6) is 0 Å². The number of carboxylic acids is 1. The number of nitrogen functional groups attached to an aromatic ring is 1. The summed E-state index contributed by atoms with van der Waals surface area (Å²) in [5, 5.41) is 24.5. The van der Waals surface area contributed by atoms with E-state index in [4.69, 9.17) is 16.2 Å². The van der Waals surface area contributed by atoms with E-state index in [-0.39, 0.29) is 12.3 Å². The molecule has 1 aromatic carbocycles. The second kappa shape index (κ2) is 6.91. The molecule has 0 saturated carbocycles. The Balaban J connectivity index is 1.76. The SMILES string of the molecule is N=C(N)c1ccc(-c2ccc(-n3cnc(CCC(=O)O)c3)nn2)cc1. The van der Waals surface area contributed by atoms with E-state index in [1.165, 1.54) is 0 Å². The van der Waals surface area contributed by atoms with Gasteiger partial charge < -0.3 is 10.8 Å². The van der Waals surface area contributed by atoms with Crippen LogP contribution in [0, 0.1) is 5.41 Å². The first kappa shape index (κ1) is 16.3. The second-order valence-electron chi connectivity index (χ2n) is 5.43. The lowest BCUT2D eigenvalue weighted by molar-refractivity contribution is -0.136. The van der Waals surface area contributed by atoms with Crippen molar-refractivity contribution >= 4 is 11.8 Å². The van der Waals surface area contributed by atoms with Crippen molar-refractivity contribution in [2.75, 3.05) is 0 Å². The molecule has 126 valence electrons. The maximum absolute atomic E-state index is 10.6. The number of rotatable bonds is 6. The number of hydrogen-bond acceptors (Lipinski definition) is 5. The van der Waals surface area contributed by atoms with Gasteiger partial charge in [0, 0.05) is 23.7 Å². The van der Waals surface area contributed by atoms with Crippen LogP contribution in [0.4, 0.5) is 0 Å². The summed E-state index contributed by atoms with van der Waals surface area (Å²) in [5.74, 6) is -0.237. The van der Waals surface area contributed by atoms with Crippen LogP contribution in [-0.2, 0) is 11.2 Å². The van der Waals surface area contributed by atoms with Crippen LogP contribution in [-0.4, -0.2) is 36.7 Å². The van der Waals surface area contributed by atoms with Gasteiger partial charge in [-0.05, 0) is 12.1 Å². The van der Waals surface area contributed by atoms with Gasteiger partial charge in [0.05, 0.1) is 17.8 Å². The van der Waals surface area contributed by atoms with Crippen LogP contribution in [0.15, 0.2) is 48.9 Å². The highest BCUT2D eigenvalue weighted by atomic mass is 16.4. The number of hydrogen-bond donors (Lipinski definition) is 3. The molecule has 0 unspecified atom stereocenters. The number of aliphatic carboxylic acids is 1. The summed E-state index contributed by atoms with van der Waals surface area (Å²) >= 11 is 0. The van der Waals surface area contributed by atoms with Crippen molar-refractivity contribution in [1.29, 1.82) is 5.41 Å². The zero-order valence-corrected chi connectivity index (χ0v) is 13.3. The van der Waals surface area contributed by atoms with Gasteiger partial charge in [0.15, 0.2) is 5.82 Å². The number of nitrogens with zero attached hydrogens (tertiary/aromatic N) is 4. The van der Waals surface area contributed by atoms with Crippen molar-refractivity contribution in [3.8, 4) is 17.1 Å². The normalized spacial score (nSPS) is 10.6. The standard InChI is InChI=1S/C17H16N6O2/c18-17(19)12-3-1-11(2-4-12)14-6-7-15(22-21-14)23-9-13(20-10-23)5-8-16(24)25/h1-4,6-7,9-10H,5,8H2,(H3,18,19)(H,24,25). The summed E-state index contributed by atoms with van der Waals surface area (Å²) in [7, 11) is 0. The topological polar surface area (TPSA) is 131 Å². The van der Waals surface area contributed by atoms with Gasteiger partial charge in [-0.15, -0.1) is 10.2 Å². The molecule has 8 heteroatoms. The predicted octanol–water partition coefficient (Wildman–Crippen LogP) is 1.63. The Morgan fingerprint density at radius 1 is 1.16 bits per heavy atom. The lowest BCUT2D eigenvalue weighted by atomic mass is 10.1. The molecule has 0 atom stereocenters. The van der Waals surface area contributed by atoms with E-state index in [9.17, 15) is 4.79 Å². The number of nitrogens with two attached hydrogens (primary N) is 1. The molecule has 0 aliphatic heterocycles. The number of aryl methyl sites for hydroxylation is 1. The molecule has 2 heterocycles. The molecular formula is C17H16N6O2. The van der Waals surface area contributed by atoms with Gasteiger partial charge in [0.25, 0.3) is 0 Å². The minimum atomic E-state index is -0.852. The number of carboxylic acid groups (broad SMARTS) is 1. The molecule has 3 aromatic rings. The maximum Gasteiger partial charge on any atom is 0.303 e. The summed E-state index contributed by atoms with van der Waals surface area (Å²) < 4.78 is 1.70. The lowest BCUT2D eigenvalue weighted by Crippen LogP contribution is -2.10. The first-order chi connectivity index (χ1) is 12.0. The van der Waals surface area contributed by atoms with E-state index in [0.29, 0.717) is 29.2 Å².